The van der Waals surface area contributed by atoms with E-state index in [0.717, 1.165) is 48.1 Å². The number of sulfonamides is 1. The van der Waals surface area contributed by atoms with Gasteiger partial charge < -0.3 is 29.6 Å². The first kappa shape index (κ1) is 37.0. The van der Waals surface area contributed by atoms with Crippen molar-refractivity contribution in [3.8, 4) is 16.9 Å². The Morgan fingerprint density at radius 2 is 1.78 bits per heavy atom. The minimum atomic E-state index is -3.78. The van der Waals surface area contributed by atoms with E-state index in [1.807, 2.05) is 37.4 Å². The van der Waals surface area contributed by atoms with Gasteiger partial charge in [-0.1, -0.05) is 29.8 Å². The van der Waals surface area contributed by atoms with Gasteiger partial charge in [0.2, 0.25) is 10.0 Å². The van der Waals surface area contributed by atoms with Gasteiger partial charge in [-0.15, -0.1) is 0 Å². The zero-order chi connectivity index (χ0) is 34.7. The Bertz CT molecular complexity index is 1650. The average molecular weight is 715 g/mol. The number of carbonyl (C=O) groups is 1. The van der Waals surface area contributed by atoms with Crippen molar-refractivity contribution in [1.29, 1.82) is 0 Å². The van der Waals surface area contributed by atoms with Crippen LogP contribution in [0.25, 0.3) is 11.1 Å². The quantitative estimate of drug-likeness (QED) is 0.131. The molecule has 13 heteroatoms. The second-order valence-corrected chi connectivity index (χ2v) is 14.7. The summed E-state index contributed by atoms with van der Waals surface area (Å²) in [5.41, 5.74) is 3.05. The number of nitrogens with zero attached hydrogens (tertiary/aromatic N) is 2. The molecule has 0 saturated heterocycles. The van der Waals surface area contributed by atoms with Crippen molar-refractivity contribution in [3.05, 3.63) is 77.1 Å². The van der Waals surface area contributed by atoms with E-state index in [0.29, 0.717) is 69.5 Å². The first-order valence-corrected chi connectivity index (χ1v) is 18.8. The molecule has 2 saturated carbocycles. The molecule has 3 aromatic rings. The lowest BCUT2D eigenvalue weighted by atomic mass is 9.96. The molecule has 2 N–H and O–H groups in total. The normalized spacial score (nSPS) is 15.3. The predicted octanol–water partition coefficient (Wildman–Crippen LogP) is 5.90. The lowest BCUT2D eigenvalue weighted by Gasteiger charge is -2.22. The third kappa shape index (κ3) is 10.4. The second kappa shape index (κ2) is 17.6. The molecule has 2 aliphatic rings. The van der Waals surface area contributed by atoms with Gasteiger partial charge in [0.25, 0.3) is 0 Å². The number of hydrogen-bond acceptors (Lipinski definition) is 8. The maximum absolute atomic E-state index is 13.5. The Morgan fingerprint density at radius 3 is 2.55 bits per heavy atom. The number of benzene rings is 2. The number of rotatable bonds is 21. The molecule has 2 aliphatic carbocycles. The monoisotopic (exact) mass is 714 g/mol. The van der Waals surface area contributed by atoms with Gasteiger partial charge in [-0.3, -0.25) is 4.98 Å². The summed E-state index contributed by atoms with van der Waals surface area (Å²) in [6.07, 6.45) is 8.87. The number of para-hydroxylation sites is 1. The first-order chi connectivity index (χ1) is 23.7. The summed E-state index contributed by atoms with van der Waals surface area (Å²) in [5, 5.41) is 5.95. The molecule has 0 unspecified atom stereocenters. The molecule has 0 bridgehead atoms. The number of ether oxygens (including phenoxy) is 4. The van der Waals surface area contributed by atoms with Gasteiger partial charge in [0.1, 0.15) is 5.75 Å². The van der Waals surface area contributed by atoms with Crippen molar-refractivity contribution in [3.63, 3.8) is 0 Å². The summed E-state index contributed by atoms with van der Waals surface area (Å²) in [5.74, 6) is 0.853. The van der Waals surface area contributed by atoms with Gasteiger partial charge in [-0.05, 0) is 86.9 Å². The summed E-state index contributed by atoms with van der Waals surface area (Å²) in [7, 11) is -2.22. The Kier molecular flexibility index (Phi) is 13.3. The standard InChI is InChI=1S/C36H47ClN4O7S/c1-3-45-22-23-46-21-19-40-35(42)39-17-6-7-20-41(2)49(43,44)29-12-13-33(37)27(24-29)26-47-36(15-16-36)32-25-38-18-14-30(32)31-8-4-5-9-34(31)48-28-10-11-28/h4-5,8-9,12-14,18,24-25,28H,3,6-7,10-11,15-17,19-23,26H2,1-2H3,(H2,39,40,42). The summed E-state index contributed by atoms with van der Waals surface area (Å²) in [6, 6.07) is 14.5. The number of unbranched alkanes of at least 4 members (excludes halogenated alkanes) is 1. The van der Waals surface area contributed by atoms with E-state index in [2.05, 4.69) is 21.7 Å². The molecule has 5 rings (SSSR count). The topological polar surface area (TPSA) is 128 Å². The molecule has 0 radical (unpaired) electrons. The molecule has 1 heterocycles. The number of nitrogens with one attached hydrogen (secondary N) is 2. The summed E-state index contributed by atoms with van der Waals surface area (Å²) in [6.45, 7) is 5.24. The van der Waals surface area contributed by atoms with Crippen molar-refractivity contribution < 1.29 is 32.2 Å². The molecule has 2 fully saturated rings. The number of carbonyl (C=O) groups excluding carboxylic acids is 1. The van der Waals surface area contributed by atoms with Crippen LogP contribution in [0, 0.1) is 0 Å². The number of aromatic nitrogens is 1. The SMILES string of the molecule is CCOCCOCCNC(=O)NCCCCN(C)S(=O)(=O)c1ccc(Cl)c(COC2(c3cnccc3-c3ccccc3OC3CC3)CC2)c1. The molecular formula is C36H47ClN4O7S. The Morgan fingerprint density at radius 1 is 1.00 bits per heavy atom. The fourth-order valence-electron chi connectivity index (χ4n) is 5.42. The van der Waals surface area contributed by atoms with Crippen molar-refractivity contribution in [1.82, 2.24) is 19.9 Å². The van der Waals surface area contributed by atoms with E-state index < -0.39 is 15.6 Å². The van der Waals surface area contributed by atoms with Crippen LogP contribution in [0.3, 0.4) is 0 Å². The van der Waals surface area contributed by atoms with Gasteiger partial charge in [-0.2, -0.15) is 0 Å². The van der Waals surface area contributed by atoms with E-state index in [9.17, 15) is 13.2 Å². The lowest BCUT2D eigenvalue weighted by Crippen LogP contribution is -2.38. The van der Waals surface area contributed by atoms with Crippen LogP contribution in [0.1, 0.15) is 56.6 Å². The van der Waals surface area contributed by atoms with Crippen LogP contribution in [0.5, 0.6) is 5.75 Å². The number of halogens is 1. The molecule has 49 heavy (non-hydrogen) atoms. The Balaban J connectivity index is 1.12. The smallest absolute Gasteiger partial charge is 0.314 e. The lowest BCUT2D eigenvalue weighted by molar-refractivity contribution is 0.0173. The van der Waals surface area contributed by atoms with E-state index in [1.54, 1.807) is 25.4 Å². The molecule has 0 atom stereocenters. The molecule has 1 aromatic heterocycles. The maximum Gasteiger partial charge on any atom is 0.314 e. The molecule has 266 valence electrons. The highest BCUT2D eigenvalue weighted by molar-refractivity contribution is 7.89. The molecule has 11 nitrogen and oxygen atoms in total. The fraction of sp³-hybridized carbons (Fsp3) is 0.500. The molecule has 2 aromatic carbocycles. The third-order valence-electron chi connectivity index (χ3n) is 8.53. The molecule has 2 amide bonds. The summed E-state index contributed by atoms with van der Waals surface area (Å²) >= 11 is 6.56. The van der Waals surface area contributed by atoms with Gasteiger partial charge in [0.15, 0.2) is 0 Å². The van der Waals surface area contributed by atoms with Gasteiger partial charge in [0.05, 0.1) is 43.0 Å². The van der Waals surface area contributed by atoms with Crippen LogP contribution in [-0.4, -0.2) is 83.0 Å². The summed E-state index contributed by atoms with van der Waals surface area (Å²) in [4.78, 5) is 16.5. The molecule has 0 spiro atoms. The van der Waals surface area contributed by atoms with Crippen molar-refractivity contribution >= 4 is 27.7 Å². The maximum atomic E-state index is 13.5. The van der Waals surface area contributed by atoms with E-state index in [-0.39, 0.29) is 23.6 Å². The number of amides is 2. The molecule has 0 aliphatic heterocycles. The van der Waals surface area contributed by atoms with Crippen LogP contribution < -0.4 is 15.4 Å². The van der Waals surface area contributed by atoms with Crippen LogP contribution in [0.15, 0.2) is 65.8 Å². The third-order valence-corrected chi connectivity index (χ3v) is 10.8. The van der Waals surface area contributed by atoms with Crippen LogP contribution in [0.2, 0.25) is 5.02 Å². The zero-order valence-electron chi connectivity index (χ0n) is 28.3. The zero-order valence-corrected chi connectivity index (χ0v) is 29.9. The van der Waals surface area contributed by atoms with Gasteiger partial charge in [-0.25, -0.2) is 17.5 Å². The van der Waals surface area contributed by atoms with E-state index in [4.69, 9.17) is 30.5 Å². The number of hydrogen-bond donors (Lipinski definition) is 2. The average Bonchev–Trinajstić information content (AvgIpc) is 4.05. The highest BCUT2D eigenvalue weighted by atomic mass is 35.5. The molecular weight excluding hydrogens is 668 g/mol. The predicted molar refractivity (Wildman–Crippen MR) is 188 cm³/mol. The minimum absolute atomic E-state index is 0.146. The minimum Gasteiger partial charge on any atom is -0.490 e. The first-order valence-electron chi connectivity index (χ1n) is 17.0. The highest BCUT2D eigenvalue weighted by Gasteiger charge is 2.48. The van der Waals surface area contributed by atoms with Crippen molar-refractivity contribution in [2.45, 2.75) is 68.7 Å². The van der Waals surface area contributed by atoms with E-state index >= 15 is 0 Å². The van der Waals surface area contributed by atoms with Crippen LogP contribution in [0.4, 0.5) is 4.79 Å². The Hall–Kier alpha value is -3.26. The van der Waals surface area contributed by atoms with Gasteiger partial charge in [0, 0.05) is 61.8 Å². The number of urea groups is 1. The van der Waals surface area contributed by atoms with Crippen molar-refractivity contribution in [2.24, 2.45) is 0 Å². The van der Waals surface area contributed by atoms with Crippen LogP contribution in [-0.2, 0) is 36.4 Å². The Labute approximate surface area is 294 Å². The van der Waals surface area contributed by atoms with E-state index in [1.165, 1.54) is 10.4 Å². The number of pyridine rings is 1. The van der Waals surface area contributed by atoms with Crippen LogP contribution >= 0.6 is 11.6 Å². The highest BCUT2D eigenvalue weighted by Crippen LogP contribution is 2.53. The van der Waals surface area contributed by atoms with Crippen molar-refractivity contribution in [2.75, 3.05) is 53.1 Å². The summed E-state index contributed by atoms with van der Waals surface area (Å²) < 4.78 is 51.6. The largest absolute Gasteiger partial charge is 0.490 e. The fourth-order valence-corrected chi connectivity index (χ4v) is 6.85. The van der Waals surface area contributed by atoms with Gasteiger partial charge >= 0.3 is 6.03 Å². The second-order valence-electron chi connectivity index (χ2n) is 12.3.